The second kappa shape index (κ2) is 5.12. The molecule has 4 heteroatoms. The van der Waals surface area contributed by atoms with Gasteiger partial charge in [-0.1, -0.05) is 6.42 Å². The van der Waals surface area contributed by atoms with Gasteiger partial charge in [-0.3, -0.25) is 9.89 Å². The molecule has 2 fully saturated rings. The summed E-state index contributed by atoms with van der Waals surface area (Å²) in [7, 11) is 0. The molecular formula is C14H20N2O2. The van der Waals surface area contributed by atoms with E-state index in [1.165, 1.54) is 25.7 Å². The summed E-state index contributed by atoms with van der Waals surface area (Å²) in [5.74, 6) is 2.29. The molecule has 2 bridgehead atoms. The van der Waals surface area contributed by atoms with Gasteiger partial charge in [-0.2, -0.15) is 5.10 Å². The van der Waals surface area contributed by atoms with Crippen molar-refractivity contribution in [1.82, 2.24) is 10.2 Å². The molecule has 0 aromatic carbocycles. The number of carbonyl (C=O) groups excluding carboxylic acids is 1. The maximum atomic E-state index is 11.8. The van der Waals surface area contributed by atoms with Gasteiger partial charge in [0.05, 0.1) is 12.8 Å². The number of hydrogen-bond acceptors (Lipinski definition) is 3. The van der Waals surface area contributed by atoms with Crippen LogP contribution >= 0.6 is 0 Å². The second-order valence-electron chi connectivity index (χ2n) is 5.72. The van der Waals surface area contributed by atoms with Gasteiger partial charge >= 0.3 is 5.97 Å². The number of aromatic nitrogens is 2. The third-order valence-electron chi connectivity index (χ3n) is 4.52. The Balaban J connectivity index is 1.37. The average molecular weight is 248 g/mol. The van der Waals surface area contributed by atoms with Crippen LogP contribution in [0.1, 0.15) is 37.7 Å². The molecule has 3 atom stereocenters. The van der Waals surface area contributed by atoms with Crippen LogP contribution in [0.25, 0.3) is 0 Å². The molecule has 3 unspecified atom stereocenters. The van der Waals surface area contributed by atoms with Gasteiger partial charge < -0.3 is 4.74 Å². The predicted octanol–water partition coefficient (Wildman–Crippen LogP) is 2.32. The SMILES string of the molecule is O=C(CC1CC2CCC1C2)OCCc1cn[nH]c1. The van der Waals surface area contributed by atoms with E-state index in [2.05, 4.69) is 10.2 Å². The Hall–Kier alpha value is -1.32. The molecule has 18 heavy (non-hydrogen) atoms. The highest BCUT2D eigenvalue weighted by Crippen LogP contribution is 2.49. The summed E-state index contributed by atoms with van der Waals surface area (Å²) in [5, 5.41) is 6.62. The van der Waals surface area contributed by atoms with Crippen molar-refractivity contribution in [3.63, 3.8) is 0 Å². The first-order valence-corrected chi connectivity index (χ1v) is 6.94. The van der Waals surface area contributed by atoms with E-state index in [4.69, 9.17) is 4.74 Å². The van der Waals surface area contributed by atoms with Crippen molar-refractivity contribution in [1.29, 1.82) is 0 Å². The molecule has 98 valence electrons. The number of esters is 1. The zero-order chi connectivity index (χ0) is 12.4. The second-order valence-corrected chi connectivity index (χ2v) is 5.72. The van der Waals surface area contributed by atoms with Crippen molar-refractivity contribution in [3.8, 4) is 0 Å². The summed E-state index contributed by atoms with van der Waals surface area (Å²) >= 11 is 0. The quantitative estimate of drug-likeness (QED) is 0.814. The van der Waals surface area contributed by atoms with Crippen LogP contribution in [0, 0.1) is 17.8 Å². The fraction of sp³-hybridized carbons (Fsp3) is 0.714. The Bertz CT molecular complexity index is 402. The van der Waals surface area contributed by atoms with E-state index in [9.17, 15) is 4.79 Å². The van der Waals surface area contributed by atoms with Gasteiger partial charge in [0.15, 0.2) is 0 Å². The minimum absolute atomic E-state index is 0.0176. The Morgan fingerprint density at radius 3 is 3.06 bits per heavy atom. The molecule has 3 rings (SSSR count). The summed E-state index contributed by atoms with van der Waals surface area (Å²) in [6.07, 6.45) is 10.3. The summed E-state index contributed by atoms with van der Waals surface area (Å²) in [6, 6.07) is 0. The van der Waals surface area contributed by atoms with E-state index in [0.717, 1.165) is 23.8 Å². The van der Waals surface area contributed by atoms with Crippen LogP contribution in [0.2, 0.25) is 0 Å². The molecule has 1 N–H and O–H groups in total. The Morgan fingerprint density at radius 2 is 2.39 bits per heavy atom. The normalized spacial score (nSPS) is 29.7. The average Bonchev–Trinajstić information content (AvgIpc) is 3.04. The minimum atomic E-state index is -0.0176. The molecule has 2 aliphatic rings. The lowest BCUT2D eigenvalue weighted by atomic mass is 9.86. The van der Waals surface area contributed by atoms with Crippen molar-refractivity contribution in [2.24, 2.45) is 17.8 Å². The van der Waals surface area contributed by atoms with E-state index in [0.29, 0.717) is 18.9 Å². The molecule has 2 saturated carbocycles. The van der Waals surface area contributed by atoms with Gasteiger partial charge in [0.25, 0.3) is 0 Å². The third-order valence-corrected chi connectivity index (χ3v) is 4.52. The first-order chi connectivity index (χ1) is 8.81. The zero-order valence-electron chi connectivity index (χ0n) is 10.6. The first kappa shape index (κ1) is 11.8. The highest BCUT2D eigenvalue weighted by Gasteiger charge is 2.40. The highest BCUT2D eigenvalue weighted by atomic mass is 16.5. The van der Waals surface area contributed by atoms with Gasteiger partial charge in [-0.15, -0.1) is 0 Å². The largest absolute Gasteiger partial charge is 0.465 e. The Kier molecular flexibility index (Phi) is 3.35. The van der Waals surface area contributed by atoms with Crippen molar-refractivity contribution in [3.05, 3.63) is 18.0 Å². The van der Waals surface area contributed by atoms with E-state index >= 15 is 0 Å². The molecule has 0 radical (unpaired) electrons. The maximum absolute atomic E-state index is 11.8. The van der Waals surface area contributed by atoms with Gasteiger partial charge in [0.2, 0.25) is 0 Å². The molecule has 0 saturated heterocycles. The van der Waals surface area contributed by atoms with E-state index in [1.54, 1.807) is 6.20 Å². The smallest absolute Gasteiger partial charge is 0.306 e. The van der Waals surface area contributed by atoms with Crippen LogP contribution in [-0.2, 0) is 16.0 Å². The van der Waals surface area contributed by atoms with Crippen LogP contribution < -0.4 is 0 Å². The lowest BCUT2D eigenvalue weighted by Crippen LogP contribution is -2.17. The number of aromatic amines is 1. The van der Waals surface area contributed by atoms with Crippen LogP contribution in [-0.4, -0.2) is 22.8 Å². The number of H-pyrrole nitrogens is 1. The van der Waals surface area contributed by atoms with Crippen molar-refractivity contribution in [2.75, 3.05) is 6.61 Å². The molecular weight excluding hydrogens is 228 g/mol. The molecule has 0 aliphatic heterocycles. The first-order valence-electron chi connectivity index (χ1n) is 6.94. The Morgan fingerprint density at radius 1 is 1.44 bits per heavy atom. The number of hydrogen-bond donors (Lipinski definition) is 1. The topological polar surface area (TPSA) is 55.0 Å². The zero-order valence-corrected chi connectivity index (χ0v) is 10.6. The summed E-state index contributed by atoms with van der Waals surface area (Å²) in [5.41, 5.74) is 1.09. The summed E-state index contributed by atoms with van der Waals surface area (Å²) in [6.45, 7) is 0.471. The molecule has 1 aromatic rings. The molecule has 0 amide bonds. The standard InChI is InChI=1S/C14H20N2O2/c17-14(18-4-3-11-8-15-16-9-11)7-13-6-10-1-2-12(13)5-10/h8-10,12-13H,1-7H2,(H,15,16). The number of ether oxygens (including phenoxy) is 1. The van der Waals surface area contributed by atoms with Crippen molar-refractivity contribution < 1.29 is 9.53 Å². The summed E-state index contributed by atoms with van der Waals surface area (Å²) < 4.78 is 5.30. The van der Waals surface area contributed by atoms with E-state index < -0.39 is 0 Å². The fourth-order valence-corrected chi connectivity index (χ4v) is 3.60. The van der Waals surface area contributed by atoms with Gasteiger partial charge in [0, 0.05) is 19.0 Å². The Labute approximate surface area is 107 Å². The van der Waals surface area contributed by atoms with Crippen molar-refractivity contribution in [2.45, 2.75) is 38.5 Å². The number of rotatable bonds is 5. The number of nitrogens with one attached hydrogen (secondary N) is 1. The fourth-order valence-electron chi connectivity index (χ4n) is 3.60. The lowest BCUT2D eigenvalue weighted by Gasteiger charge is -2.20. The van der Waals surface area contributed by atoms with Crippen LogP contribution in [0.3, 0.4) is 0 Å². The molecule has 1 heterocycles. The predicted molar refractivity (Wildman–Crippen MR) is 66.8 cm³/mol. The number of fused-ring (bicyclic) bond motifs is 2. The van der Waals surface area contributed by atoms with Gasteiger partial charge in [-0.25, -0.2) is 0 Å². The van der Waals surface area contributed by atoms with E-state index in [1.807, 2.05) is 6.20 Å². The monoisotopic (exact) mass is 248 g/mol. The van der Waals surface area contributed by atoms with Gasteiger partial charge in [0.1, 0.15) is 0 Å². The number of carbonyl (C=O) groups is 1. The number of nitrogens with zero attached hydrogens (tertiary/aromatic N) is 1. The van der Waals surface area contributed by atoms with Crippen LogP contribution in [0.4, 0.5) is 0 Å². The van der Waals surface area contributed by atoms with Gasteiger partial charge in [-0.05, 0) is 42.6 Å². The minimum Gasteiger partial charge on any atom is -0.465 e. The molecule has 0 spiro atoms. The lowest BCUT2D eigenvalue weighted by molar-refractivity contribution is -0.145. The highest BCUT2D eigenvalue weighted by molar-refractivity contribution is 5.69. The summed E-state index contributed by atoms with van der Waals surface area (Å²) in [4.78, 5) is 11.8. The molecule has 1 aromatic heterocycles. The van der Waals surface area contributed by atoms with E-state index in [-0.39, 0.29) is 5.97 Å². The van der Waals surface area contributed by atoms with Crippen molar-refractivity contribution >= 4 is 5.97 Å². The van der Waals surface area contributed by atoms with Crippen LogP contribution in [0.15, 0.2) is 12.4 Å². The maximum Gasteiger partial charge on any atom is 0.306 e. The van der Waals surface area contributed by atoms with Crippen LogP contribution in [0.5, 0.6) is 0 Å². The molecule has 2 aliphatic carbocycles. The third kappa shape index (κ3) is 2.57. The molecule has 4 nitrogen and oxygen atoms in total.